The molecule has 0 aliphatic heterocycles. The van der Waals surface area contributed by atoms with Crippen LogP contribution in [-0.2, 0) is 9.53 Å². The summed E-state index contributed by atoms with van der Waals surface area (Å²) in [5, 5.41) is 9.73. The Bertz CT molecular complexity index is 223. The first kappa shape index (κ1) is 13.3. The van der Waals surface area contributed by atoms with Gasteiger partial charge in [0.25, 0.3) is 0 Å². The minimum Gasteiger partial charge on any atom is -0.465 e. The number of hydrogen-bond acceptors (Lipinski definition) is 5. The molecule has 80 valence electrons. The average Bonchev–Trinajstić information content (AvgIpc) is 2.09. The maximum atomic E-state index is 11.4. The van der Waals surface area contributed by atoms with E-state index in [0.29, 0.717) is 12.5 Å². The van der Waals surface area contributed by atoms with Gasteiger partial charge in [-0.2, -0.15) is 5.26 Å². The molecule has 4 nitrogen and oxygen atoms in total. The van der Waals surface area contributed by atoms with Crippen LogP contribution in [0.1, 0.15) is 20.8 Å². The first-order chi connectivity index (χ1) is 6.49. The Balaban J connectivity index is 4.10. The Morgan fingerprint density at radius 2 is 2.14 bits per heavy atom. The molecule has 0 fully saturated rings. The zero-order valence-corrected chi connectivity index (χ0v) is 9.50. The van der Waals surface area contributed by atoms with E-state index in [-0.39, 0.29) is 6.04 Å². The Labute approximate surface area is 88.8 Å². The molecule has 0 aromatic rings. The zero-order valence-electron chi connectivity index (χ0n) is 8.69. The van der Waals surface area contributed by atoms with Crippen LogP contribution in [0.15, 0.2) is 0 Å². The lowest BCUT2D eigenvalue weighted by atomic mass is 10.2. The number of nitrogens with two attached hydrogens (primary N) is 1. The van der Waals surface area contributed by atoms with Crippen LogP contribution in [0, 0.1) is 16.6 Å². The van der Waals surface area contributed by atoms with E-state index in [1.165, 1.54) is 0 Å². The third kappa shape index (κ3) is 5.10. The Morgan fingerprint density at radius 1 is 1.57 bits per heavy atom. The fourth-order valence-electron chi connectivity index (χ4n) is 0.758. The van der Waals surface area contributed by atoms with Gasteiger partial charge in [0.1, 0.15) is 10.7 Å². The van der Waals surface area contributed by atoms with E-state index in [2.05, 4.69) is 0 Å². The first-order valence-electron chi connectivity index (χ1n) is 4.46. The molecule has 0 aromatic heterocycles. The minimum absolute atomic E-state index is 0.291. The van der Waals surface area contributed by atoms with Gasteiger partial charge in [-0.05, 0) is 24.6 Å². The van der Waals surface area contributed by atoms with E-state index in [9.17, 15) is 4.79 Å². The lowest BCUT2D eigenvalue weighted by Gasteiger charge is -2.16. The van der Waals surface area contributed by atoms with Crippen molar-refractivity contribution in [2.45, 2.75) is 32.1 Å². The average molecular weight is 216 g/mol. The van der Waals surface area contributed by atoms with Crippen LogP contribution in [0.4, 0.5) is 0 Å². The van der Waals surface area contributed by atoms with Crippen LogP contribution in [-0.4, -0.2) is 23.9 Å². The van der Waals surface area contributed by atoms with Gasteiger partial charge in [-0.25, -0.2) is 0 Å². The van der Waals surface area contributed by atoms with E-state index in [1.54, 1.807) is 6.92 Å². The molecule has 0 heterocycles. The summed E-state index contributed by atoms with van der Waals surface area (Å²) in [6, 6.07) is -0.376. The van der Waals surface area contributed by atoms with Crippen molar-refractivity contribution >= 4 is 17.7 Å². The number of rotatable bonds is 5. The van der Waals surface area contributed by atoms with Crippen LogP contribution in [0.5, 0.6) is 0 Å². The van der Waals surface area contributed by atoms with E-state index < -0.39 is 11.2 Å². The molecule has 0 aliphatic rings. The molecule has 2 N–H and O–H groups in total. The summed E-state index contributed by atoms with van der Waals surface area (Å²) in [4.78, 5) is 11.4. The number of esters is 1. The van der Waals surface area contributed by atoms with Crippen molar-refractivity contribution in [2.75, 3.05) is 6.61 Å². The highest BCUT2D eigenvalue weighted by Gasteiger charge is 2.25. The van der Waals surface area contributed by atoms with Crippen LogP contribution in [0.2, 0.25) is 0 Å². The molecular formula is C9H16N2O2S. The van der Waals surface area contributed by atoms with Crippen molar-refractivity contribution in [2.24, 2.45) is 11.7 Å². The lowest BCUT2D eigenvalue weighted by Crippen LogP contribution is -2.37. The summed E-state index contributed by atoms with van der Waals surface area (Å²) in [5.74, 6) is -0.111. The molecule has 0 bridgehead atoms. The summed E-state index contributed by atoms with van der Waals surface area (Å²) in [6.45, 7) is 5.96. The summed E-state index contributed by atoms with van der Waals surface area (Å²) in [7, 11) is 0. The van der Waals surface area contributed by atoms with Gasteiger partial charge in [-0.1, -0.05) is 13.8 Å². The van der Waals surface area contributed by atoms with Crippen LogP contribution in [0.3, 0.4) is 0 Å². The van der Waals surface area contributed by atoms with Gasteiger partial charge in [0, 0.05) is 6.04 Å². The molecule has 0 aromatic carbocycles. The molecule has 0 aliphatic carbocycles. The van der Waals surface area contributed by atoms with Crippen molar-refractivity contribution in [3.05, 3.63) is 0 Å². The van der Waals surface area contributed by atoms with E-state index in [0.717, 1.165) is 11.8 Å². The number of thiocyanates is 1. The Hall–Kier alpha value is -0.730. The van der Waals surface area contributed by atoms with Gasteiger partial charge in [0.15, 0.2) is 0 Å². The van der Waals surface area contributed by atoms with Crippen molar-refractivity contribution in [3.8, 4) is 5.40 Å². The summed E-state index contributed by atoms with van der Waals surface area (Å²) >= 11 is 0.850. The SMILES string of the molecule is CC(C)COC(=O)C(SC#N)C(C)N. The molecule has 0 saturated carbocycles. The van der Waals surface area contributed by atoms with Gasteiger partial charge in [-0.3, -0.25) is 4.79 Å². The second-order valence-electron chi connectivity index (χ2n) is 3.51. The minimum atomic E-state index is -0.584. The highest BCUT2D eigenvalue weighted by Crippen LogP contribution is 2.14. The van der Waals surface area contributed by atoms with E-state index >= 15 is 0 Å². The van der Waals surface area contributed by atoms with Gasteiger partial charge in [0.05, 0.1) is 6.61 Å². The van der Waals surface area contributed by atoms with Crippen LogP contribution >= 0.6 is 11.8 Å². The number of nitrogens with zero attached hydrogens (tertiary/aromatic N) is 1. The number of carbonyl (C=O) groups is 1. The van der Waals surface area contributed by atoms with E-state index in [1.807, 2.05) is 19.2 Å². The number of thioether (sulfide) groups is 1. The van der Waals surface area contributed by atoms with Crippen molar-refractivity contribution < 1.29 is 9.53 Å². The van der Waals surface area contributed by atoms with Crippen molar-refractivity contribution in [1.82, 2.24) is 0 Å². The zero-order chi connectivity index (χ0) is 11.1. The molecule has 2 atom stereocenters. The molecule has 0 radical (unpaired) electrons. The molecule has 5 heteroatoms. The molecule has 2 unspecified atom stereocenters. The molecular weight excluding hydrogens is 200 g/mol. The number of nitriles is 1. The van der Waals surface area contributed by atoms with Crippen molar-refractivity contribution in [3.63, 3.8) is 0 Å². The largest absolute Gasteiger partial charge is 0.465 e. The molecule has 0 saturated heterocycles. The highest BCUT2D eigenvalue weighted by molar-refractivity contribution is 8.05. The van der Waals surface area contributed by atoms with Crippen LogP contribution in [0.25, 0.3) is 0 Å². The summed E-state index contributed by atoms with van der Waals surface area (Å²) in [6.07, 6.45) is 0. The van der Waals surface area contributed by atoms with Crippen LogP contribution < -0.4 is 5.73 Å². The van der Waals surface area contributed by atoms with E-state index in [4.69, 9.17) is 15.7 Å². The molecule has 0 rings (SSSR count). The second kappa shape index (κ2) is 6.68. The maximum absolute atomic E-state index is 11.4. The van der Waals surface area contributed by atoms with Gasteiger partial charge in [-0.15, -0.1) is 0 Å². The monoisotopic (exact) mass is 216 g/mol. The Morgan fingerprint density at radius 3 is 2.50 bits per heavy atom. The Kier molecular flexibility index (Phi) is 6.34. The predicted octanol–water partition coefficient (Wildman–Crippen LogP) is 1.12. The topological polar surface area (TPSA) is 76.1 Å². The fraction of sp³-hybridized carbons (Fsp3) is 0.778. The third-order valence-electron chi connectivity index (χ3n) is 1.45. The van der Waals surface area contributed by atoms with Gasteiger partial charge >= 0.3 is 5.97 Å². The van der Waals surface area contributed by atoms with Gasteiger partial charge < -0.3 is 10.5 Å². The number of ether oxygens (including phenoxy) is 1. The molecule has 14 heavy (non-hydrogen) atoms. The standard InChI is InChI=1S/C9H16N2O2S/c1-6(2)4-13-9(12)8(7(3)11)14-5-10/h6-8H,4,11H2,1-3H3. The summed E-state index contributed by atoms with van der Waals surface area (Å²) < 4.78 is 4.99. The second-order valence-corrected chi connectivity index (χ2v) is 4.44. The highest BCUT2D eigenvalue weighted by atomic mass is 32.2. The first-order valence-corrected chi connectivity index (χ1v) is 5.34. The fourth-order valence-corrected chi connectivity index (χ4v) is 1.25. The third-order valence-corrected chi connectivity index (χ3v) is 2.43. The maximum Gasteiger partial charge on any atom is 0.321 e. The van der Waals surface area contributed by atoms with Crippen molar-refractivity contribution in [1.29, 1.82) is 5.26 Å². The normalized spacial score (nSPS) is 14.6. The predicted molar refractivity (Wildman–Crippen MR) is 56.4 cm³/mol. The smallest absolute Gasteiger partial charge is 0.321 e. The number of carbonyl (C=O) groups excluding carboxylic acids is 1. The lowest BCUT2D eigenvalue weighted by molar-refractivity contribution is -0.144. The quantitative estimate of drug-likeness (QED) is 0.550. The summed E-state index contributed by atoms with van der Waals surface area (Å²) in [5.41, 5.74) is 5.56. The molecule has 0 amide bonds. The number of hydrogen-bond donors (Lipinski definition) is 1. The molecule has 0 spiro atoms. The van der Waals surface area contributed by atoms with Gasteiger partial charge in [0.2, 0.25) is 0 Å².